The van der Waals surface area contributed by atoms with Crippen LogP contribution in [-0.2, 0) is 10.0 Å². The number of nitrogens with zero attached hydrogens (tertiary/aromatic N) is 2. The maximum Gasteiger partial charge on any atom is 0.290 e. The molecular weight excluding hydrogens is 308 g/mol. The molecule has 0 heterocycles. The van der Waals surface area contributed by atoms with Crippen molar-refractivity contribution in [3.05, 3.63) is 33.3 Å². The van der Waals surface area contributed by atoms with Crippen molar-refractivity contribution in [3.8, 4) is 0 Å². The van der Waals surface area contributed by atoms with Gasteiger partial charge in [0.05, 0.1) is 4.92 Å². The van der Waals surface area contributed by atoms with Gasteiger partial charge in [-0.2, -0.15) is 4.31 Å². The molecule has 0 aromatic heterocycles. The third-order valence-electron chi connectivity index (χ3n) is 2.65. The van der Waals surface area contributed by atoms with Crippen LogP contribution in [0.2, 0.25) is 5.02 Å². The number of rotatable bonds is 7. The van der Waals surface area contributed by atoms with E-state index in [1.54, 1.807) is 6.92 Å². The quantitative estimate of drug-likeness (QED) is 0.607. The Kier molecular flexibility index (Phi) is 5.88. The minimum Gasteiger partial charge on any atom is -0.396 e. The molecule has 1 aromatic carbocycles. The molecule has 0 aliphatic rings. The number of nitro groups is 1. The molecule has 0 aliphatic heterocycles. The van der Waals surface area contributed by atoms with E-state index in [-0.39, 0.29) is 31.1 Å². The maximum absolute atomic E-state index is 12.4. The van der Waals surface area contributed by atoms with Crippen LogP contribution in [0, 0.1) is 10.1 Å². The van der Waals surface area contributed by atoms with E-state index in [0.717, 1.165) is 16.4 Å². The summed E-state index contributed by atoms with van der Waals surface area (Å²) in [6.45, 7) is 1.71. The SMILES string of the molecule is CCN(CCCO)S(=O)(=O)c1ccc(Cl)cc1[N+](=O)[O-]. The molecular formula is C11H15ClN2O5S. The summed E-state index contributed by atoms with van der Waals surface area (Å²) in [6, 6.07) is 3.42. The van der Waals surface area contributed by atoms with Crippen molar-refractivity contribution in [2.45, 2.75) is 18.2 Å². The van der Waals surface area contributed by atoms with Crippen molar-refractivity contribution in [2.75, 3.05) is 19.7 Å². The molecule has 0 saturated carbocycles. The summed E-state index contributed by atoms with van der Waals surface area (Å²) < 4.78 is 25.9. The molecule has 9 heteroatoms. The highest BCUT2D eigenvalue weighted by Gasteiger charge is 2.30. The van der Waals surface area contributed by atoms with Crippen molar-refractivity contribution in [1.29, 1.82) is 0 Å². The molecule has 1 aromatic rings. The number of benzene rings is 1. The lowest BCUT2D eigenvalue weighted by molar-refractivity contribution is -0.387. The van der Waals surface area contributed by atoms with E-state index in [0.29, 0.717) is 0 Å². The second kappa shape index (κ2) is 6.98. The van der Waals surface area contributed by atoms with Crippen LogP contribution in [-0.4, -0.2) is 42.4 Å². The summed E-state index contributed by atoms with van der Waals surface area (Å²) in [6.07, 6.45) is 0.258. The summed E-state index contributed by atoms with van der Waals surface area (Å²) in [5.41, 5.74) is -0.556. The summed E-state index contributed by atoms with van der Waals surface area (Å²) in [4.78, 5) is 9.79. The lowest BCUT2D eigenvalue weighted by Crippen LogP contribution is -2.32. The largest absolute Gasteiger partial charge is 0.396 e. The van der Waals surface area contributed by atoms with Crippen molar-refractivity contribution in [1.82, 2.24) is 4.31 Å². The Morgan fingerprint density at radius 3 is 2.60 bits per heavy atom. The number of nitro benzene ring substituents is 1. The molecule has 0 atom stereocenters. The minimum atomic E-state index is -3.99. The van der Waals surface area contributed by atoms with Gasteiger partial charge in [0.2, 0.25) is 10.0 Å². The van der Waals surface area contributed by atoms with E-state index < -0.39 is 25.5 Å². The number of hydrogen-bond donors (Lipinski definition) is 1. The topological polar surface area (TPSA) is 101 Å². The van der Waals surface area contributed by atoms with Gasteiger partial charge in [0.25, 0.3) is 5.69 Å². The molecule has 7 nitrogen and oxygen atoms in total. The van der Waals surface area contributed by atoms with Gasteiger partial charge in [-0.1, -0.05) is 18.5 Å². The van der Waals surface area contributed by atoms with Crippen molar-refractivity contribution in [3.63, 3.8) is 0 Å². The van der Waals surface area contributed by atoms with Gasteiger partial charge in [0.1, 0.15) is 0 Å². The number of hydrogen-bond acceptors (Lipinski definition) is 5. The molecule has 0 aliphatic carbocycles. The van der Waals surface area contributed by atoms with Crippen LogP contribution in [0.15, 0.2) is 23.1 Å². The first kappa shape index (κ1) is 16.8. The van der Waals surface area contributed by atoms with Crippen LogP contribution < -0.4 is 0 Å². The first-order valence-electron chi connectivity index (χ1n) is 5.89. The van der Waals surface area contributed by atoms with Crippen molar-refractivity contribution >= 4 is 27.3 Å². The van der Waals surface area contributed by atoms with Crippen LogP contribution in [0.5, 0.6) is 0 Å². The molecule has 1 rings (SSSR count). The highest BCUT2D eigenvalue weighted by molar-refractivity contribution is 7.89. The molecule has 0 saturated heterocycles. The van der Waals surface area contributed by atoms with Crippen molar-refractivity contribution < 1.29 is 18.4 Å². The Balaban J connectivity index is 3.30. The molecule has 0 bridgehead atoms. The smallest absolute Gasteiger partial charge is 0.290 e. The second-order valence-corrected chi connectivity index (χ2v) is 6.29. The van der Waals surface area contributed by atoms with Crippen LogP contribution in [0.4, 0.5) is 5.69 Å². The molecule has 1 N–H and O–H groups in total. The van der Waals surface area contributed by atoms with E-state index in [1.807, 2.05) is 0 Å². The lowest BCUT2D eigenvalue weighted by Gasteiger charge is -2.19. The average molecular weight is 323 g/mol. The Morgan fingerprint density at radius 1 is 1.45 bits per heavy atom. The normalized spacial score (nSPS) is 11.8. The molecule has 20 heavy (non-hydrogen) atoms. The molecule has 0 fully saturated rings. The van der Waals surface area contributed by atoms with Gasteiger partial charge in [-0.25, -0.2) is 8.42 Å². The third-order valence-corrected chi connectivity index (χ3v) is 4.91. The van der Waals surface area contributed by atoms with Crippen LogP contribution >= 0.6 is 11.6 Å². The van der Waals surface area contributed by atoms with Gasteiger partial charge in [-0.15, -0.1) is 0 Å². The number of aliphatic hydroxyl groups is 1. The first-order valence-corrected chi connectivity index (χ1v) is 7.71. The summed E-state index contributed by atoms with van der Waals surface area (Å²) in [7, 11) is -3.99. The number of aliphatic hydroxyl groups excluding tert-OH is 1. The standard InChI is InChI=1S/C11H15ClN2O5S/c1-2-13(6-3-7-15)20(18,19)11-5-4-9(12)8-10(11)14(16)17/h4-5,8,15H,2-3,6-7H2,1H3. The van der Waals surface area contributed by atoms with Crippen molar-refractivity contribution in [2.24, 2.45) is 0 Å². The first-order chi connectivity index (χ1) is 9.34. The Labute approximate surface area is 122 Å². The fourth-order valence-electron chi connectivity index (χ4n) is 1.69. The summed E-state index contributed by atoms with van der Waals surface area (Å²) >= 11 is 5.66. The fraction of sp³-hybridized carbons (Fsp3) is 0.455. The Bertz CT molecular complexity index is 590. The summed E-state index contributed by atoms with van der Waals surface area (Å²) in [5, 5.41) is 19.8. The van der Waals surface area contributed by atoms with Gasteiger partial charge in [0, 0.05) is 30.8 Å². The van der Waals surface area contributed by atoms with Crippen LogP contribution in [0.25, 0.3) is 0 Å². The maximum atomic E-state index is 12.4. The highest BCUT2D eigenvalue weighted by atomic mass is 35.5. The van der Waals surface area contributed by atoms with Gasteiger partial charge >= 0.3 is 0 Å². The Hall–Kier alpha value is -1.22. The number of halogens is 1. The van der Waals surface area contributed by atoms with E-state index in [4.69, 9.17) is 16.7 Å². The third kappa shape index (κ3) is 3.66. The van der Waals surface area contributed by atoms with Crippen LogP contribution in [0.1, 0.15) is 13.3 Å². The van der Waals surface area contributed by atoms with Gasteiger partial charge in [-0.3, -0.25) is 10.1 Å². The molecule has 0 radical (unpaired) electrons. The zero-order valence-corrected chi connectivity index (χ0v) is 12.4. The second-order valence-electron chi connectivity index (χ2n) is 3.94. The zero-order chi connectivity index (χ0) is 15.3. The van der Waals surface area contributed by atoms with E-state index >= 15 is 0 Å². The lowest BCUT2D eigenvalue weighted by atomic mass is 10.3. The highest BCUT2D eigenvalue weighted by Crippen LogP contribution is 2.29. The van der Waals surface area contributed by atoms with Crippen LogP contribution in [0.3, 0.4) is 0 Å². The molecule has 112 valence electrons. The zero-order valence-electron chi connectivity index (χ0n) is 10.8. The predicted octanol–water partition coefficient (Wildman–Crippen LogP) is 1.64. The van der Waals surface area contributed by atoms with E-state index in [2.05, 4.69) is 0 Å². The van der Waals surface area contributed by atoms with Gasteiger partial charge < -0.3 is 5.11 Å². The van der Waals surface area contributed by atoms with E-state index in [9.17, 15) is 18.5 Å². The predicted molar refractivity (Wildman–Crippen MR) is 74.2 cm³/mol. The van der Waals surface area contributed by atoms with E-state index in [1.165, 1.54) is 6.07 Å². The minimum absolute atomic E-state index is 0.0917. The average Bonchev–Trinajstić information content (AvgIpc) is 2.38. The Morgan fingerprint density at radius 2 is 2.10 bits per heavy atom. The van der Waals surface area contributed by atoms with Gasteiger partial charge in [-0.05, 0) is 18.6 Å². The van der Waals surface area contributed by atoms with Gasteiger partial charge in [0.15, 0.2) is 4.90 Å². The number of sulfonamides is 1. The molecule has 0 amide bonds. The monoisotopic (exact) mass is 322 g/mol. The molecule has 0 spiro atoms. The fourth-order valence-corrected chi connectivity index (χ4v) is 3.48. The molecule has 0 unspecified atom stereocenters. The summed E-state index contributed by atoms with van der Waals surface area (Å²) in [5.74, 6) is 0.